The van der Waals surface area contributed by atoms with Gasteiger partial charge in [-0.2, -0.15) is 13.2 Å². The van der Waals surface area contributed by atoms with E-state index in [9.17, 15) is 40.4 Å². The lowest BCUT2D eigenvalue weighted by atomic mass is 9.85. The van der Waals surface area contributed by atoms with Crippen LogP contribution in [0.2, 0.25) is 5.02 Å². The van der Waals surface area contributed by atoms with Gasteiger partial charge in [0.25, 0.3) is 5.91 Å². The highest BCUT2D eigenvalue weighted by Gasteiger charge is 2.61. The molecule has 6 rings (SSSR count). The molecule has 0 spiro atoms. The predicted octanol–water partition coefficient (Wildman–Crippen LogP) is 6.97. The summed E-state index contributed by atoms with van der Waals surface area (Å²) < 4.78 is 93.2. The van der Waals surface area contributed by atoms with Crippen LogP contribution in [0.1, 0.15) is 52.5 Å². The van der Waals surface area contributed by atoms with E-state index in [4.69, 9.17) is 21.1 Å². The highest BCUT2D eigenvalue weighted by atomic mass is 35.5. The third kappa shape index (κ3) is 9.32. The number of benzene rings is 2. The fraction of sp³-hybridized carbons (Fsp3) is 0.425. The van der Waals surface area contributed by atoms with Crippen LogP contribution in [0.3, 0.4) is 0 Å². The zero-order valence-electron chi connectivity index (χ0n) is 33.2. The van der Waals surface area contributed by atoms with Crippen molar-refractivity contribution in [2.75, 3.05) is 24.7 Å². The van der Waals surface area contributed by atoms with Crippen LogP contribution in [0.5, 0.6) is 11.6 Å². The molecule has 1 aliphatic carbocycles. The molecular weight excluding hydrogens is 852 g/mol. The second-order valence-corrected chi connectivity index (χ2v) is 18.9. The SMILES string of the molecule is C=C[C@@H]1C[C@]1(NC(=O)[C@@H]1C[C@@H](Oc2ncc(OC)c3ccc(Cl)cc23)CN1C(=O)[C@@H](Nc1nc(-c2ccc(C(F)(F)F)c(F)c2)cs1)C(C)(C)C)C(=O)NS(=O)(=O)CCC. The van der Waals surface area contributed by atoms with E-state index in [0.29, 0.717) is 27.6 Å². The minimum absolute atomic E-state index is 0.0697. The average Bonchev–Trinajstić information content (AvgIpc) is 3.44. The standard InChI is InChI=1S/C40H43ClF4N6O7S2/c1-7-13-60(55,56)50-36(54)39(17-22(39)8-2)49-33(52)30-16-24(58-34-26-15-23(41)10-11-25(26)31(57-6)18-46-34)19-51(30)35(53)32(38(3,4)5)48-37-47-29(20-59-37)21-9-12-27(28(42)14-21)40(43,44)45/h8-12,14-15,18,20,22,24,30,32H,2,7,13,16-17,19H2,1,3-6H3,(H,47,48)(H,49,52)(H,50,54)/t22-,24-,30+,32-,39-/m1/s1. The quantitative estimate of drug-likeness (QED) is 0.0889. The van der Waals surface area contributed by atoms with E-state index in [1.807, 2.05) is 0 Å². The van der Waals surface area contributed by atoms with Gasteiger partial charge in [0.1, 0.15) is 35.3 Å². The third-order valence-electron chi connectivity index (χ3n) is 10.4. The van der Waals surface area contributed by atoms with Crippen molar-refractivity contribution in [3.05, 3.63) is 77.0 Å². The number of carbonyl (C=O) groups is 3. The van der Waals surface area contributed by atoms with E-state index in [1.165, 1.54) is 29.7 Å². The smallest absolute Gasteiger partial charge is 0.419 e. The van der Waals surface area contributed by atoms with Gasteiger partial charge in [-0.1, -0.05) is 51.4 Å². The number of alkyl halides is 3. The van der Waals surface area contributed by atoms with E-state index in [2.05, 4.69) is 31.9 Å². The molecule has 3 N–H and O–H groups in total. The van der Waals surface area contributed by atoms with Gasteiger partial charge in [0.15, 0.2) is 5.13 Å². The van der Waals surface area contributed by atoms with Crippen molar-refractivity contribution < 1.29 is 49.8 Å². The minimum atomic E-state index is -4.88. The van der Waals surface area contributed by atoms with Crippen molar-refractivity contribution in [1.82, 2.24) is 24.9 Å². The Morgan fingerprint density at radius 2 is 1.88 bits per heavy atom. The van der Waals surface area contributed by atoms with E-state index >= 15 is 0 Å². The number of rotatable bonds is 14. The Balaban J connectivity index is 1.32. The first kappa shape index (κ1) is 44.5. The number of aromatic nitrogens is 2. The van der Waals surface area contributed by atoms with Crippen LogP contribution in [0.25, 0.3) is 22.0 Å². The number of fused-ring (bicyclic) bond motifs is 1. The maximum absolute atomic E-state index is 14.8. The second kappa shape index (κ2) is 16.8. The van der Waals surface area contributed by atoms with Crippen LogP contribution < -0.4 is 24.8 Å². The van der Waals surface area contributed by atoms with Crippen LogP contribution in [-0.2, 0) is 30.6 Å². The largest absolute Gasteiger partial charge is 0.494 e. The fourth-order valence-electron chi connectivity index (χ4n) is 7.16. The number of hydrogen-bond donors (Lipinski definition) is 3. The molecule has 13 nitrogen and oxygen atoms in total. The molecule has 5 atom stereocenters. The van der Waals surface area contributed by atoms with Gasteiger partial charge in [-0.15, -0.1) is 17.9 Å². The second-order valence-electron chi connectivity index (χ2n) is 15.7. The lowest BCUT2D eigenvalue weighted by Gasteiger charge is -2.35. The lowest BCUT2D eigenvalue weighted by molar-refractivity contribution is -0.141. The minimum Gasteiger partial charge on any atom is -0.494 e. The summed E-state index contributed by atoms with van der Waals surface area (Å²) in [6.07, 6.45) is -2.56. The van der Waals surface area contributed by atoms with Crippen molar-refractivity contribution in [3.8, 4) is 22.9 Å². The Bertz CT molecular complexity index is 2440. The topological polar surface area (TPSA) is 169 Å². The third-order valence-corrected chi connectivity index (χ3v) is 12.8. The molecule has 2 aromatic heterocycles. The molecule has 60 heavy (non-hydrogen) atoms. The molecule has 3 heterocycles. The summed E-state index contributed by atoms with van der Waals surface area (Å²) in [5.74, 6) is -4.01. The average molecular weight is 895 g/mol. The number of methoxy groups -OCH3 is 1. The molecule has 0 bridgehead atoms. The van der Waals surface area contributed by atoms with E-state index < -0.39 is 80.4 Å². The number of nitrogens with zero attached hydrogens (tertiary/aromatic N) is 3. The first-order chi connectivity index (χ1) is 28.1. The molecule has 1 saturated carbocycles. The number of pyridine rings is 1. The maximum atomic E-state index is 14.8. The molecule has 322 valence electrons. The number of anilines is 1. The van der Waals surface area contributed by atoms with E-state index in [0.717, 1.165) is 23.5 Å². The number of ether oxygens (including phenoxy) is 2. The molecule has 20 heteroatoms. The summed E-state index contributed by atoms with van der Waals surface area (Å²) in [4.78, 5) is 52.9. The number of halogens is 5. The van der Waals surface area contributed by atoms with Crippen molar-refractivity contribution in [1.29, 1.82) is 0 Å². The number of sulfonamides is 1. The molecule has 1 saturated heterocycles. The zero-order chi connectivity index (χ0) is 43.9. The highest BCUT2D eigenvalue weighted by Crippen LogP contribution is 2.45. The monoisotopic (exact) mass is 894 g/mol. The molecular formula is C40H43ClF4N6O7S2. The number of thiazole rings is 1. The van der Waals surface area contributed by atoms with Crippen molar-refractivity contribution in [2.24, 2.45) is 11.3 Å². The molecule has 0 unspecified atom stereocenters. The first-order valence-electron chi connectivity index (χ1n) is 18.8. The molecule has 2 aromatic carbocycles. The summed E-state index contributed by atoms with van der Waals surface area (Å²) in [5.41, 5.74) is -3.67. The Labute approximate surface area is 352 Å². The van der Waals surface area contributed by atoms with Crippen LogP contribution in [-0.4, -0.2) is 84.1 Å². The predicted molar refractivity (Wildman–Crippen MR) is 219 cm³/mol. The van der Waals surface area contributed by atoms with E-state index in [1.54, 1.807) is 45.9 Å². The highest BCUT2D eigenvalue weighted by molar-refractivity contribution is 7.90. The first-order valence-corrected chi connectivity index (χ1v) is 21.7. The normalized spacial score (nSPS) is 21.0. The van der Waals surface area contributed by atoms with Gasteiger partial charge in [-0.25, -0.2) is 22.8 Å². The molecule has 3 amide bonds. The van der Waals surface area contributed by atoms with Crippen LogP contribution >= 0.6 is 22.9 Å². The van der Waals surface area contributed by atoms with E-state index in [-0.39, 0.29) is 53.8 Å². The Morgan fingerprint density at radius 3 is 2.50 bits per heavy atom. The summed E-state index contributed by atoms with van der Waals surface area (Å²) in [6, 6.07) is 5.20. The maximum Gasteiger partial charge on any atom is 0.419 e. The van der Waals surface area contributed by atoms with Gasteiger partial charge in [0.2, 0.25) is 27.7 Å². The van der Waals surface area contributed by atoms with Gasteiger partial charge in [-0.3, -0.25) is 19.1 Å². The molecule has 2 fully saturated rings. The van der Waals surface area contributed by atoms with Crippen LogP contribution in [0, 0.1) is 17.2 Å². The molecule has 1 aliphatic heterocycles. The number of nitrogens with one attached hydrogen (secondary N) is 3. The summed E-state index contributed by atoms with van der Waals surface area (Å²) in [7, 11) is -2.52. The number of amides is 3. The molecule has 0 radical (unpaired) electrons. The van der Waals surface area contributed by atoms with Gasteiger partial charge in [0.05, 0.1) is 36.9 Å². The number of likely N-dealkylation sites (tertiary alicyclic amines) is 1. The fourth-order valence-corrected chi connectivity index (χ4v) is 9.18. The molecule has 2 aliphatic rings. The van der Waals surface area contributed by atoms with Gasteiger partial charge in [0, 0.05) is 39.1 Å². The summed E-state index contributed by atoms with van der Waals surface area (Å²) >= 11 is 7.38. The molecule has 4 aromatic rings. The van der Waals surface area contributed by atoms with Crippen LogP contribution in [0.15, 0.2) is 60.6 Å². The van der Waals surface area contributed by atoms with Gasteiger partial charge >= 0.3 is 6.18 Å². The zero-order valence-corrected chi connectivity index (χ0v) is 35.5. The van der Waals surface area contributed by atoms with Crippen molar-refractivity contribution in [2.45, 2.75) is 76.9 Å². The van der Waals surface area contributed by atoms with Crippen molar-refractivity contribution >= 4 is 66.6 Å². The Morgan fingerprint density at radius 1 is 1.15 bits per heavy atom. The van der Waals surface area contributed by atoms with Gasteiger partial charge in [-0.05, 0) is 48.6 Å². The Hall–Kier alpha value is -5.01. The summed E-state index contributed by atoms with van der Waals surface area (Å²) in [6.45, 7) is 10.6. The van der Waals surface area contributed by atoms with Gasteiger partial charge < -0.3 is 25.0 Å². The summed E-state index contributed by atoms with van der Waals surface area (Å²) in [5, 5.41) is 9.09. The van der Waals surface area contributed by atoms with Crippen molar-refractivity contribution in [3.63, 3.8) is 0 Å². The number of carbonyl (C=O) groups excluding carboxylic acids is 3. The lowest BCUT2D eigenvalue weighted by Crippen LogP contribution is -2.58. The Kier molecular flexibility index (Phi) is 12.5. The van der Waals surface area contributed by atoms with Crippen LogP contribution in [0.4, 0.5) is 22.7 Å². The number of hydrogen-bond acceptors (Lipinski definition) is 11.